The predicted octanol–water partition coefficient (Wildman–Crippen LogP) is 0.399. The van der Waals surface area contributed by atoms with Crippen LogP contribution in [0.15, 0.2) is 0 Å². The summed E-state index contributed by atoms with van der Waals surface area (Å²) in [5.41, 5.74) is 0. The van der Waals surface area contributed by atoms with Crippen LogP contribution in [0.5, 0.6) is 0 Å². The number of hydrogen-bond donors (Lipinski definition) is 0. The lowest BCUT2D eigenvalue weighted by molar-refractivity contribution is -1.05. The normalized spacial score (nSPS) is 29.8. The van der Waals surface area contributed by atoms with Gasteiger partial charge in [0.25, 0.3) is 0 Å². The number of piperazine rings is 1. The quantitative estimate of drug-likeness (QED) is 0.272. The van der Waals surface area contributed by atoms with Crippen molar-refractivity contribution in [2.24, 2.45) is 0 Å². The fourth-order valence-corrected chi connectivity index (χ4v) is 5.09. The molecule has 1 heterocycles. The highest BCUT2D eigenvalue weighted by Crippen LogP contribution is 2.28. The van der Waals surface area contributed by atoms with Crippen LogP contribution in [-0.2, 0) is 0 Å². The Morgan fingerprint density at radius 2 is 0.821 bits per heavy atom. The van der Waals surface area contributed by atoms with Crippen LogP contribution in [-0.4, -0.2) is 61.3 Å². The first kappa shape index (κ1) is 30.7. The van der Waals surface area contributed by atoms with Gasteiger partial charge in [-0.15, -0.1) is 0 Å². The first-order valence-electron chi connectivity index (χ1n) is 12.1. The minimum absolute atomic E-state index is 0. The first-order valence-corrected chi connectivity index (χ1v) is 12.1. The van der Waals surface area contributed by atoms with Crippen LogP contribution in [0, 0.1) is 0 Å². The highest BCUT2D eigenvalue weighted by atomic mass is 35.5. The third-order valence-corrected chi connectivity index (χ3v) is 7.54. The summed E-state index contributed by atoms with van der Waals surface area (Å²) in [6.07, 6.45) is 17.1. The molecule has 0 aromatic carbocycles. The van der Waals surface area contributed by atoms with Gasteiger partial charge in [-0.25, -0.2) is 0 Å². The SMILES string of the molecule is CCCCCCCC[N+]1(C)C[C@H](C)[N+](C)(CCCCCCCC)C[C@H]1C.[Cl-].[Cl-]. The molecule has 1 aliphatic rings. The third-order valence-electron chi connectivity index (χ3n) is 7.54. The van der Waals surface area contributed by atoms with E-state index in [0.29, 0.717) is 0 Å². The fraction of sp³-hybridized carbons (Fsp3) is 1.00. The van der Waals surface area contributed by atoms with E-state index in [1.807, 2.05) is 0 Å². The Morgan fingerprint density at radius 1 is 0.536 bits per heavy atom. The van der Waals surface area contributed by atoms with Crippen LogP contribution in [0.25, 0.3) is 0 Å². The monoisotopic (exact) mass is 438 g/mol. The van der Waals surface area contributed by atoms with E-state index in [1.54, 1.807) is 0 Å². The van der Waals surface area contributed by atoms with Gasteiger partial charge in [0.1, 0.15) is 25.2 Å². The summed E-state index contributed by atoms with van der Waals surface area (Å²) < 4.78 is 2.64. The Kier molecular flexibility index (Phi) is 17.8. The minimum atomic E-state index is 0. The largest absolute Gasteiger partial charge is 1.00 e. The Labute approximate surface area is 190 Å². The maximum atomic E-state index is 2.54. The summed E-state index contributed by atoms with van der Waals surface area (Å²) in [7, 11) is 5.09. The van der Waals surface area contributed by atoms with E-state index in [9.17, 15) is 0 Å². The molecule has 0 aromatic rings. The molecule has 4 atom stereocenters. The van der Waals surface area contributed by atoms with Gasteiger partial charge in [-0.05, 0) is 39.5 Å². The first-order chi connectivity index (χ1) is 12.4. The lowest BCUT2D eigenvalue weighted by Gasteiger charge is -2.54. The van der Waals surface area contributed by atoms with Crippen molar-refractivity contribution >= 4 is 0 Å². The number of unbranched alkanes of at least 4 members (excludes halogenated alkanes) is 10. The summed E-state index contributed by atoms with van der Waals surface area (Å²) in [4.78, 5) is 0. The van der Waals surface area contributed by atoms with Gasteiger partial charge in [-0.1, -0.05) is 65.2 Å². The predicted molar refractivity (Wildman–Crippen MR) is 118 cm³/mol. The zero-order valence-corrected chi connectivity index (χ0v) is 21.6. The standard InChI is InChI=1S/C24H52N2.2ClH/c1-7-9-11-13-15-17-19-25(5)21-24(4)26(6,22-23(25)3)20-18-16-14-12-10-8-2;;/h23-24H,7-22H2,1-6H3;2*1H/q+2;;/p-2/t23-,24+,25?,26?;;. The molecule has 0 aromatic heterocycles. The summed E-state index contributed by atoms with van der Waals surface area (Å²) in [5, 5.41) is 0. The number of halogens is 2. The van der Waals surface area contributed by atoms with Gasteiger partial charge in [0.15, 0.2) is 0 Å². The molecule has 0 bridgehead atoms. The lowest BCUT2D eigenvalue weighted by Crippen LogP contribution is -3.00. The maximum Gasteiger partial charge on any atom is 0.136 e. The van der Waals surface area contributed by atoms with Crippen molar-refractivity contribution in [1.82, 2.24) is 0 Å². The van der Waals surface area contributed by atoms with Crippen molar-refractivity contribution < 1.29 is 33.8 Å². The van der Waals surface area contributed by atoms with Crippen LogP contribution >= 0.6 is 0 Å². The van der Waals surface area contributed by atoms with E-state index in [2.05, 4.69) is 41.8 Å². The summed E-state index contributed by atoms with van der Waals surface area (Å²) in [6.45, 7) is 15.2. The van der Waals surface area contributed by atoms with Crippen LogP contribution in [0.2, 0.25) is 0 Å². The van der Waals surface area contributed by atoms with Gasteiger partial charge in [0.2, 0.25) is 0 Å². The van der Waals surface area contributed by atoms with E-state index in [4.69, 9.17) is 0 Å². The second-order valence-corrected chi connectivity index (χ2v) is 10.0. The van der Waals surface area contributed by atoms with Crippen molar-refractivity contribution in [1.29, 1.82) is 0 Å². The Bertz CT molecular complexity index is 333. The van der Waals surface area contributed by atoms with Crippen molar-refractivity contribution in [3.8, 4) is 0 Å². The van der Waals surface area contributed by atoms with Gasteiger partial charge in [-0.2, -0.15) is 0 Å². The molecule has 2 nitrogen and oxygen atoms in total. The molecule has 1 aliphatic heterocycles. The lowest BCUT2D eigenvalue weighted by atomic mass is 9.99. The van der Waals surface area contributed by atoms with Crippen molar-refractivity contribution in [3.63, 3.8) is 0 Å². The Hall–Kier alpha value is 0.500. The van der Waals surface area contributed by atoms with E-state index in [1.165, 1.54) is 112 Å². The van der Waals surface area contributed by atoms with Crippen molar-refractivity contribution in [2.45, 2.75) is 117 Å². The molecule has 0 aliphatic carbocycles. The van der Waals surface area contributed by atoms with E-state index in [-0.39, 0.29) is 24.8 Å². The second kappa shape index (κ2) is 16.2. The third kappa shape index (κ3) is 10.5. The number of nitrogens with zero attached hydrogens (tertiary/aromatic N) is 2. The van der Waals surface area contributed by atoms with Crippen LogP contribution in [0.1, 0.15) is 105 Å². The van der Waals surface area contributed by atoms with E-state index < -0.39 is 0 Å². The highest BCUT2D eigenvalue weighted by Gasteiger charge is 2.46. The number of likely N-dealkylation sites (N-methyl/N-ethyl adjacent to an activating group) is 2. The van der Waals surface area contributed by atoms with Crippen LogP contribution in [0.3, 0.4) is 0 Å². The molecule has 1 fully saturated rings. The number of rotatable bonds is 14. The highest BCUT2D eigenvalue weighted by molar-refractivity contribution is 4.66. The molecule has 0 saturated carbocycles. The molecule has 4 heteroatoms. The summed E-state index contributed by atoms with van der Waals surface area (Å²) in [6, 6.07) is 1.62. The number of hydrogen-bond acceptors (Lipinski definition) is 0. The minimum Gasteiger partial charge on any atom is -1.00 e. The molecule has 0 spiro atoms. The molecule has 0 radical (unpaired) electrons. The smallest absolute Gasteiger partial charge is 0.136 e. The van der Waals surface area contributed by atoms with E-state index in [0.717, 1.165) is 12.1 Å². The molecular weight excluding hydrogens is 387 g/mol. The van der Waals surface area contributed by atoms with Crippen molar-refractivity contribution in [3.05, 3.63) is 0 Å². The van der Waals surface area contributed by atoms with Gasteiger partial charge >= 0.3 is 0 Å². The zero-order chi connectivity index (χ0) is 19.5. The van der Waals surface area contributed by atoms with Gasteiger partial charge in [0.05, 0.1) is 27.2 Å². The topological polar surface area (TPSA) is 0 Å². The maximum absolute atomic E-state index is 2.54. The molecule has 28 heavy (non-hydrogen) atoms. The van der Waals surface area contributed by atoms with Gasteiger partial charge in [0, 0.05) is 0 Å². The molecule has 172 valence electrons. The Morgan fingerprint density at radius 3 is 1.14 bits per heavy atom. The Balaban J connectivity index is 0. The molecule has 2 unspecified atom stereocenters. The summed E-state index contributed by atoms with van der Waals surface area (Å²) >= 11 is 0. The molecule has 0 amide bonds. The number of quaternary nitrogens is 2. The zero-order valence-electron chi connectivity index (χ0n) is 20.1. The molecule has 1 rings (SSSR count). The molecule has 0 N–H and O–H groups in total. The molecule has 1 saturated heterocycles. The van der Waals surface area contributed by atoms with Gasteiger partial charge < -0.3 is 33.8 Å². The van der Waals surface area contributed by atoms with Gasteiger partial charge in [-0.3, -0.25) is 0 Å². The van der Waals surface area contributed by atoms with Crippen LogP contribution < -0.4 is 24.8 Å². The van der Waals surface area contributed by atoms with Crippen molar-refractivity contribution in [2.75, 3.05) is 40.3 Å². The van der Waals surface area contributed by atoms with Crippen LogP contribution in [0.4, 0.5) is 0 Å². The molecular formula is C24H52Cl2N2. The summed E-state index contributed by atoms with van der Waals surface area (Å²) in [5.74, 6) is 0. The fourth-order valence-electron chi connectivity index (χ4n) is 5.09. The average molecular weight is 440 g/mol. The van der Waals surface area contributed by atoms with E-state index >= 15 is 0 Å². The second-order valence-electron chi connectivity index (χ2n) is 10.0. The average Bonchev–Trinajstić information content (AvgIpc) is 2.60.